The molecule has 2 heterocycles. The molecule has 2 N–H and O–H groups in total. The van der Waals surface area contributed by atoms with E-state index in [1.807, 2.05) is 31.2 Å². The third kappa shape index (κ3) is 2.51. The molecule has 0 unspecified atom stereocenters. The lowest BCUT2D eigenvalue weighted by atomic mass is 10.1. The Hall–Kier alpha value is -2.27. The van der Waals surface area contributed by atoms with Crippen LogP contribution in [0.15, 0.2) is 28.7 Å². The number of aromatic nitrogens is 2. The van der Waals surface area contributed by atoms with Gasteiger partial charge in [-0.1, -0.05) is 29.8 Å². The Labute approximate surface area is 138 Å². The van der Waals surface area contributed by atoms with E-state index in [1.54, 1.807) is 0 Å². The molecule has 1 aromatic carbocycles. The fourth-order valence-electron chi connectivity index (χ4n) is 2.83. The highest BCUT2D eigenvalue weighted by molar-refractivity contribution is 6.34. The van der Waals surface area contributed by atoms with Crippen molar-refractivity contribution in [3.63, 3.8) is 0 Å². The van der Waals surface area contributed by atoms with Crippen LogP contribution in [0.25, 0.3) is 11.0 Å². The molecular weight excluding hydrogens is 314 g/mol. The number of hydrogen-bond donors (Lipinski definition) is 2. The van der Waals surface area contributed by atoms with Crippen LogP contribution < -0.4 is 5.32 Å². The standard InChI is InChI=1S/C17H16ClN3O2/c1-9-12(11-4-2-3-5-13(11)23-9)8-19-17(22)16-14(18)15(20-21-16)10-6-7-10/h2-5,10H,6-8H2,1H3,(H,19,22)(H,20,21). The number of fused-ring (bicyclic) bond motifs is 1. The number of nitrogens with one attached hydrogen (secondary N) is 2. The lowest BCUT2D eigenvalue weighted by Gasteiger charge is -2.03. The highest BCUT2D eigenvalue weighted by atomic mass is 35.5. The summed E-state index contributed by atoms with van der Waals surface area (Å²) in [4.78, 5) is 12.4. The SMILES string of the molecule is Cc1oc2ccccc2c1CNC(=O)c1n[nH]c(C2CC2)c1Cl. The minimum atomic E-state index is -0.275. The Morgan fingerprint density at radius 2 is 2.22 bits per heavy atom. The first-order chi connectivity index (χ1) is 11.1. The molecule has 1 aliphatic rings. The van der Waals surface area contributed by atoms with Crippen molar-refractivity contribution in [3.8, 4) is 0 Å². The molecule has 2 aromatic heterocycles. The van der Waals surface area contributed by atoms with E-state index in [0.717, 1.165) is 40.8 Å². The summed E-state index contributed by atoms with van der Waals surface area (Å²) in [5.41, 5.74) is 2.94. The van der Waals surface area contributed by atoms with Crippen molar-refractivity contribution in [2.45, 2.75) is 32.2 Å². The van der Waals surface area contributed by atoms with Crippen molar-refractivity contribution >= 4 is 28.5 Å². The van der Waals surface area contributed by atoms with Crippen LogP contribution in [0.1, 0.15) is 46.3 Å². The molecule has 118 valence electrons. The van der Waals surface area contributed by atoms with Crippen molar-refractivity contribution in [1.82, 2.24) is 15.5 Å². The molecule has 1 fully saturated rings. The number of halogens is 1. The normalized spacial score (nSPS) is 14.3. The molecule has 4 rings (SSSR count). The van der Waals surface area contributed by atoms with Crippen LogP contribution in [0.3, 0.4) is 0 Å². The molecule has 1 saturated carbocycles. The first-order valence-electron chi connectivity index (χ1n) is 7.64. The number of rotatable bonds is 4. The van der Waals surface area contributed by atoms with Crippen molar-refractivity contribution in [2.24, 2.45) is 0 Å². The van der Waals surface area contributed by atoms with E-state index in [0.29, 0.717) is 17.5 Å². The maximum atomic E-state index is 12.4. The van der Waals surface area contributed by atoms with Crippen LogP contribution >= 0.6 is 11.6 Å². The summed E-state index contributed by atoms with van der Waals surface area (Å²) in [7, 11) is 0. The average Bonchev–Trinajstić information content (AvgIpc) is 3.23. The van der Waals surface area contributed by atoms with Gasteiger partial charge in [-0.05, 0) is 25.8 Å². The molecule has 0 bridgehead atoms. The number of furan rings is 1. The second-order valence-electron chi connectivity index (χ2n) is 5.89. The van der Waals surface area contributed by atoms with Crippen LogP contribution in [0, 0.1) is 6.92 Å². The van der Waals surface area contributed by atoms with Gasteiger partial charge in [0.25, 0.3) is 5.91 Å². The third-order valence-corrected chi connectivity index (χ3v) is 4.64. The molecule has 6 heteroatoms. The zero-order valence-electron chi connectivity index (χ0n) is 12.6. The molecule has 5 nitrogen and oxygen atoms in total. The fourth-order valence-corrected chi connectivity index (χ4v) is 3.15. The zero-order valence-corrected chi connectivity index (χ0v) is 13.4. The number of benzene rings is 1. The van der Waals surface area contributed by atoms with Gasteiger partial charge < -0.3 is 9.73 Å². The molecular formula is C17H16ClN3O2. The van der Waals surface area contributed by atoms with Crippen LogP contribution in [0.2, 0.25) is 5.02 Å². The van der Waals surface area contributed by atoms with Crippen LogP contribution in [-0.4, -0.2) is 16.1 Å². The monoisotopic (exact) mass is 329 g/mol. The van der Waals surface area contributed by atoms with Crippen molar-refractivity contribution < 1.29 is 9.21 Å². The van der Waals surface area contributed by atoms with Gasteiger partial charge in [-0.3, -0.25) is 9.89 Å². The molecule has 0 atom stereocenters. The van der Waals surface area contributed by atoms with Crippen LogP contribution in [-0.2, 0) is 6.54 Å². The molecule has 1 aliphatic carbocycles. The number of aryl methyl sites for hydroxylation is 1. The van der Waals surface area contributed by atoms with E-state index in [1.165, 1.54) is 0 Å². The molecule has 0 saturated heterocycles. The van der Waals surface area contributed by atoms with Gasteiger partial charge in [0.2, 0.25) is 0 Å². The Balaban J connectivity index is 1.54. The van der Waals surface area contributed by atoms with Crippen LogP contribution in [0.4, 0.5) is 0 Å². The largest absolute Gasteiger partial charge is 0.461 e. The van der Waals surface area contributed by atoms with Crippen molar-refractivity contribution in [1.29, 1.82) is 0 Å². The van der Waals surface area contributed by atoms with Crippen LogP contribution in [0.5, 0.6) is 0 Å². The molecule has 0 spiro atoms. The number of carbonyl (C=O) groups is 1. The van der Waals surface area contributed by atoms with Gasteiger partial charge in [0.1, 0.15) is 11.3 Å². The van der Waals surface area contributed by atoms with Crippen molar-refractivity contribution in [2.75, 3.05) is 0 Å². The maximum Gasteiger partial charge on any atom is 0.273 e. The Morgan fingerprint density at radius 1 is 1.43 bits per heavy atom. The summed E-state index contributed by atoms with van der Waals surface area (Å²) in [6.07, 6.45) is 2.20. The molecule has 0 radical (unpaired) electrons. The van der Waals surface area contributed by atoms with Gasteiger partial charge in [-0.15, -0.1) is 0 Å². The smallest absolute Gasteiger partial charge is 0.273 e. The number of H-pyrrole nitrogens is 1. The summed E-state index contributed by atoms with van der Waals surface area (Å²) in [5, 5.41) is 11.3. The molecule has 23 heavy (non-hydrogen) atoms. The summed E-state index contributed by atoms with van der Waals surface area (Å²) in [6.45, 7) is 2.28. The van der Waals surface area contributed by atoms with E-state index < -0.39 is 0 Å². The minimum absolute atomic E-state index is 0.263. The Morgan fingerprint density at radius 3 is 3.00 bits per heavy atom. The highest BCUT2D eigenvalue weighted by Crippen LogP contribution is 2.42. The number of amides is 1. The van der Waals surface area contributed by atoms with Gasteiger partial charge >= 0.3 is 0 Å². The quantitative estimate of drug-likeness (QED) is 0.762. The van der Waals surface area contributed by atoms with E-state index >= 15 is 0 Å². The number of para-hydroxylation sites is 1. The summed E-state index contributed by atoms with van der Waals surface area (Å²) >= 11 is 6.27. The topological polar surface area (TPSA) is 70.9 Å². The van der Waals surface area contributed by atoms with Crippen molar-refractivity contribution in [3.05, 3.63) is 52.0 Å². The third-order valence-electron chi connectivity index (χ3n) is 4.26. The Bertz CT molecular complexity index is 893. The highest BCUT2D eigenvalue weighted by Gasteiger charge is 2.30. The minimum Gasteiger partial charge on any atom is -0.461 e. The predicted octanol–water partition coefficient (Wildman–Crippen LogP) is 3.93. The number of aromatic amines is 1. The second-order valence-corrected chi connectivity index (χ2v) is 6.27. The first kappa shape index (κ1) is 14.3. The molecule has 0 aliphatic heterocycles. The fraction of sp³-hybridized carbons (Fsp3) is 0.294. The number of carbonyl (C=O) groups excluding carboxylic acids is 1. The van der Waals surface area contributed by atoms with E-state index in [4.69, 9.17) is 16.0 Å². The van der Waals surface area contributed by atoms with E-state index in [-0.39, 0.29) is 11.6 Å². The summed E-state index contributed by atoms with van der Waals surface area (Å²) < 4.78 is 5.71. The first-order valence-corrected chi connectivity index (χ1v) is 8.02. The predicted molar refractivity (Wildman–Crippen MR) is 87.7 cm³/mol. The second kappa shape index (κ2) is 5.42. The van der Waals surface area contributed by atoms with E-state index in [9.17, 15) is 4.79 Å². The molecule has 1 amide bonds. The Kier molecular flexibility index (Phi) is 3.38. The number of hydrogen-bond acceptors (Lipinski definition) is 3. The van der Waals surface area contributed by atoms with E-state index in [2.05, 4.69) is 15.5 Å². The van der Waals surface area contributed by atoms with Gasteiger partial charge in [0.05, 0.1) is 10.7 Å². The van der Waals surface area contributed by atoms with Gasteiger partial charge in [-0.2, -0.15) is 5.10 Å². The number of nitrogens with zero attached hydrogens (tertiary/aromatic N) is 1. The average molecular weight is 330 g/mol. The molecule has 3 aromatic rings. The van der Waals surface area contributed by atoms with Gasteiger partial charge in [0, 0.05) is 23.4 Å². The lowest BCUT2D eigenvalue weighted by Crippen LogP contribution is -2.23. The van der Waals surface area contributed by atoms with Gasteiger partial charge in [0.15, 0.2) is 5.69 Å². The maximum absolute atomic E-state index is 12.4. The summed E-state index contributed by atoms with van der Waals surface area (Å²) in [6, 6.07) is 7.78. The zero-order chi connectivity index (χ0) is 16.0. The lowest BCUT2D eigenvalue weighted by molar-refractivity contribution is 0.0946. The van der Waals surface area contributed by atoms with Gasteiger partial charge in [-0.25, -0.2) is 0 Å². The summed E-state index contributed by atoms with van der Waals surface area (Å²) in [5.74, 6) is 0.956.